The minimum Gasteiger partial charge on any atom is -0.399 e. The zero-order valence-electron chi connectivity index (χ0n) is 5.65. The summed E-state index contributed by atoms with van der Waals surface area (Å²) in [6.45, 7) is 0. The van der Waals surface area contributed by atoms with Crippen LogP contribution in [0.5, 0.6) is 0 Å². The van der Waals surface area contributed by atoms with Gasteiger partial charge < -0.3 is 5.73 Å². The normalized spacial score (nSPS) is 9.45. The van der Waals surface area contributed by atoms with Crippen molar-refractivity contribution in [1.29, 1.82) is 0 Å². The van der Waals surface area contributed by atoms with Gasteiger partial charge in [0.15, 0.2) is 0 Å². The molecule has 1 aromatic carbocycles. The van der Waals surface area contributed by atoms with Gasteiger partial charge in [-0.3, -0.25) is 10.1 Å². The van der Waals surface area contributed by atoms with Gasteiger partial charge in [-0.2, -0.15) is 0 Å². The minimum absolute atomic E-state index is 0.0810. The second-order valence-electron chi connectivity index (χ2n) is 2.11. The quantitative estimate of drug-likeness (QED) is 0.263. The van der Waals surface area contributed by atoms with Crippen LogP contribution in [-0.4, -0.2) is 12.8 Å². The van der Waals surface area contributed by atoms with E-state index in [2.05, 4.69) is 0 Å². The topological polar surface area (TPSA) is 69.2 Å². The number of non-ortho nitro benzene ring substituents is 1. The van der Waals surface area contributed by atoms with Gasteiger partial charge in [0, 0.05) is 17.8 Å². The van der Waals surface area contributed by atoms with Gasteiger partial charge in [0.1, 0.15) is 7.85 Å². The van der Waals surface area contributed by atoms with Crippen molar-refractivity contribution < 1.29 is 4.92 Å². The molecule has 0 unspecified atom stereocenters. The lowest BCUT2D eigenvalue weighted by Crippen LogP contribution is -2.05. The summed E-state index contributed by atoms with van der Waals surface area (Å²) in [5, 5.41) is 10.2. The molecule has 0 aromatic heterocycles. The van der Waals surface area contributed by atoms with Crippen LogP contribution < -0.4 is 11.2 Å². The van der Waals surface area contributed by atoms with Crippen LogP contribution in [0.2, 0.25) is 0 Å². The Morgan fingerprint density at radius 1 is 1.45 bits per heavy atom. The number of hydrogen-bond donors (Lipinski definition) is 1. The molecule has 0 amide bonds. The smallest absolute Gasteiger partial charge is 0.270 e. The van der Waals surface area contributed by atoms with Gasteiger partial charge in [0.2, 0.25) is 0 Å². The third-order valence-corrected chi connectivity index (χ3v) is 1.17. The second kappa shape index (κ2) is 2.61. The third-order valence-electron chi connectivity index (χ3n) is 1.17. The summed E-state index contributed by atoms with van der Waals surface area (Å²) in [7, 11) is 5.31. The largest absolute Gasteiger partial charge is 0.399 e. The number of nitro groups is 1. The summed E-state index contributed by atoms with van der Waals surface area (Å²) in [5.41, 5.74) is 5.84. The zero-order valence-corrected chi connectivity index (χ0v) is 5.65. The van der Waals surface area contributed by atoms with E-state index in [-0.39, 0.29) is 5.69 Å². The van der Waals surface area contributed by atoms with E-state index in [9.17, 15) is 10.1 Å². The molecule has 2 radical (unpaired) electrons. The van der Waals surface area contributed by atoms with E-state index in [4.69, 9.17) is 13.6 Å². The van der Waals surface area contributed by atoms with Crippen LogP contribution >= 0.6 is 0 Å². The van der Waals surface area contributed by atoms with Crippen molar-refractivity contribution in [2.45, 2.75) is 0 Å². The maximum atomic E-state index is 10.2. The zero-order chi connectivity index (χ0) is 8.43. The molecule has 0 aliphatic rings. The highest BCUT2D eigenvalue weighted by Gasteiger charge is 2.04. The summed E-state index contributed by atoms with van der Waals surface area (Å²) >= 11 is 0. The highest BCUT2D eigenvalue weighted by molar-refractivity contribution is 6.32. The SMILES string of the molecule is [B]c1cc(N)cc([N+](=O)[O-])c1. The summed E-state index contributed by atoms with van der Waals surface area (Å²) in [6, 6.07) is 3.99. The van der Waals surface area contributed by atoms with Crippen molar-refractivity contribution in [1.82, 2.24) is 0 Å². The third kappa shape index (κ3) is 1.70. The van der Waals surface area contributed by atoms with Gasteiger partial charge in [-0.05, 0) is 6.07 Å². The molecular weight excluding hydrogens is 143 g/mol. The van der Waals surface area contributed by atoms with Crippen LogP contribution in [0.25, 0.3) is 0 Å². The van der Waals surface area contributed by atoms with Crippen molar-refractivity contribution in [3.05, 3.63) is 28.3 Å². The molecule has 0 aliphatic carbocycles. The van der Waals surface area contributed by atoms with Crippen molar-refractivity contribution in [3.8, 4) is 0 Å². The number of nitrogens with two attached hydrogens (primary N) is 1. The Balaban J connectivity index is 3.19. The van der Waals surface area contributed by atoms with Gasteiger partial charge >= 0.3 is 0 Å². The summed E-state index contributed by atoms with van der Waals surface area (Å²) in [5.74, 6) is 0. The standard InChI is InChI=1S/C6H5BN2O2/c7-4-1-5(8)3-6(2-4)9(10)11/h1-3H,8H2. The molecular formula is C6H5BN2O2. The van der Waals surface area contributed by atoms with Crippen LogP contribution in [0.1, 0.15) is 0 Å². The van der Waals surface area contributed by atoms with E-state index < -0.39 is 4.92 Å². The molecule has 54 valence electrons. The van der Waals surface area contributed by atoms with Gasteiger partial charge in [-0.15, -0.1) is 0 Å². The van der Waals surface area contributed by atoms with E-state index in [0.29, 0.717) is 11.2 Å². The first kappa shape index (κ1) is 7.59. The van der Waals surface area contributed by atoms with Crippen LogP contribution in [0.4, 0.5) is 11.4 Å². The molecule has 0 heterocycles. The lowest BCUT2D eigenvalue weighted by molar-refractivity contribution is -0.384. The predicted octanol–water partition coefficient (Wildman–Crippen LogP) is -0.0292. The van der Waals surface area contributed by atoms with E-state index in [0.717, 1.165) is 0 Å². The highest BCUT2D eigenvalue weighted by atomic mass is 16.6. The van der Waals surface area contributed by atoms with Crippen molar-refractivity contribution >= 4 is 24.7 Å². The number of nitro benzene ring substituents is 1. The first-order valence-corrected chi connectivity index (χ1v) is 2.90. The first-order valence-electron chi connectivity index (χ1n) is 2.90. The van der Waals surface area contributed by atoms with Crippen molar-refractivity contribution in [3.63, 3.8) is 0 Å². The Morgan fingerprint density at radius 3 is 2.55 bits per heavy atom. The molecule has 1 rings (SSSR count). The van der Waals surface area contributed by atoms with Gasteiger partial charge in [0.25, 0.3) is 5.69 Å². The van der Waals surface area contributed by atoms with E-state index in [1.165, 1.54) is 18.2 Å². The van der Waals surface area contributed by atoms with Crippen LogP contribution in [0.15, 0.2) is 18.2 Å². The Labute approximate surface area is 64.6 Å². The van der Waals surface area contributed by atoms with Gasteiger partial charge in [-0.25, -0.2) is 0 Å². The number of hydrogen-bond acceptors (Lipinski definition) is 3. The Morgan fingerprint density at radius 2 is 2.09 bits per heavy atom. The highest BCUT2D eigenvalue weighted by Crippen LogP contribution is 2.11. The number of benzene rings is 1. The van der Waals surface area contributed by atoms with Crippen molar-refractivity contribution in [2.24, 2.45) is 0 Å². The Bertz CT molecular complexity index is 280. The average Bonchev–Trinajstić information content (AvgIpc) is 1.85. The molecule has 0 bridgehead atoms. The molecule has 4 nitrogen and oxygen atoms in total. The monoisotopic (exact) mass is 148 g/mol. The van der Waals surface area contributed by atoms with Gasteiger partial charge in [0.05, 0.1) is 4.92 Å². The molecule has 0 atom stereocenters. The fraction of sp³-hybridized carbons (Fsp3) is 0. The molecule has 11 heavy (non-hydrogen) atoms. The molecule has 0 saturated carbocycles. The number of nitrogen functional groups attached to an aromatic ring is 1. The van der Waals surface area contributed by atoms with E-state index >= 15 is 0 Å². The molecule has 0 saturated heterocycles. The molecule has 5 heteroatoms. The predicted molar refractivity (Wildman–Crippen MR) is 42.9 cm³/mol. The molecule has 2 N–H and O–H groups in total. The maximum absolute atomic E-state index is 10.2. The Kier molecular flexibility index (Phi) is 1.80. The fourth-order valence-electron chi connectivity index (χ4n) is 0.764. The molecule has 0 spiro atoms. The molecule has 1 aromatic rings. The summed E-state index contributed by atoms with van der Waals surface area (Å²) in [4.78, 5) is 9.66. The van der Waals surface area contributed by atoms with E-state index in [1.54, 1.807) is 0 Å². The van der Waals surface area contributed by atoms with E-state index in [1.807, 2.05) is 0 Å². The molecule has 0 aliphatic heterocycles. The van der Waals surface area contributed by atoms with Crippen LogP contribution in [-0.2, 0) is 0 Å². The van der Waals surface area contributed by atoms with Crippen LogP contribution in [0, 0.1) is 10.1 Å². The summed E-state index contributed by atoms with van der Waals surface area (Å²) < 4.78 is 0. The number of rotatable bonds is 1. The number of nitrogens with zero attached hydrogens (tertiary/aromatic N) is 1. The Hall–Kier alpha value is -1.52. The lowest BCUT2D eigenvalue weighted by Gasteiger charge is -1.96. The lowest BCUT2D eigenvalue weighted by atomic mass is 9.95. The van der Waals surface area contributed by atoms with Gasteiger partial charge in [-0.1, -0.05) is 5.46 Å². The fourth-order valence-corrected chi connectivity index (χ4v) is 0.764. The second-order valence-corrected chi connectivity index (χ2v) is 2.11. The van der Waals surface area contributed by atoms with Crippen LogP contribution in [0.3, 0.4) is 0 Å². The summed E-state index contributed by atoms with van der Waals surface area (Å²) in [6.07, 6.45) is 0. The van der Waals surface area contributed by atoms with Crippen molar-refractivity contribution in [2.75, 3.05) is 5.73 Å². The average molecular weight is 148 g/mol. The first-order chi connectivity index (χ1) is 5.09. The molecule has 0 fully saturated rings. The number of anilines is 1. The minimum atomic E-state index is -0.535. The maximum Gasteiger partial charge on any atom is 0.270 e.